The van der Waals surface area contributed by atoms with Crippen LogP contribution in [0.3, 0.4) is 0 Å². The van der Waals surface area contributed by atoms with Crippen molar-refractivity contribution in [2.45, 2.75) is 64.2 Å². The molecule has 6 heteroatoms. The topological polar surface area (TPSA) is 30.8 Å². The molecule has 0 aromatic heterocycles. The van der Waals surface area contributed by atoms with Gasteiger partial charge < -0.3 is 9.31 Å². The van der Waals surface area contributed by atoms with Crippen LogP contribution in [0.5, 0.6) is 0 Å². The molecule has 2 heterocycles. The maximum Gasteiger partial charge on any atom is 0.494 e. The third-order valence-corrected chi connectivity index (χ3v) is 6.43. The second kappa shape index (κ2) is 6.92. The molecule has 4 rings (SSSR count). The molecule has 2 atom stereocenters. The smallest absolute Gasteiger partial charge is 0.399 e. The third kappa shape index (κ3) is 3.37. The van der Waals surface area contributed by atoms with Gasteiger partial charge in [-0.05, 0) is 64.6 Å². The van der Waals surface area contributed by atoms with Crippen molar-refractivity contribution in [3.63, 3.8) is 0 Å². The highest BCUT2D eigenvalue weighted by atomic mass is 19.1. The number of rotatable bonds is 3. The fourth-order valence-corrected chi connectivity index (χ4v) is 3.98. The first-order valence-corrected chi connectivity index (χ1v) is 9.93. The van der Waals surface area contributed by atoms with Crippen molar-refractivity contribution in [2.75, 3.05) is 0 Å². The van der Waals surface area contributed by atoms with Crippen LogP contribution in [0.4, 0.5) is 8.78 Å². The summed E-state index contributed by atoms with van der Waals surface area (Å²) in [5.74, 6) is -0.860. The first kappa shape index (κ1) is 19.5. The van der Waals surface area contributed by atoms with Crippen molar-refractivity contribution >= 4 is 12.8 Å². The van der Waals surface area contributed by atoms with Gasteiger partial charge in [-0.2, -0.15) is 0 Å². The van der Waals surface area contributed by atoms with E-state index < -0.39 is 11.6 Å². The molecule has 0 amide bonds. The normalized spacial score (nSPS) is 28.4. The van der Waals surface area contributed by atoms with E-state index in [1.165, 1.54) is 18.2 Å². The zero-order valence-corrected chi connectivity index (χ0v) is 16.8. The van der Waals surface area contributed by atoms with Gasteiger partial charge in [-0.15, -0.1) is 0 Å². The van der Waals surface area contributed by atoms with Gasteiger partial charge in [0.05, 0.1) is 22.8 Å². The van der Waals surface area contributed by atoms with Gasteiger partial charge in [-0.1, -0.05) is 24.3 Å². The van der Waals surface area contributed by atoms with E-state index in [0.717, 1.165) is 18.3 Å². The SMILES string of the molecule is CC1(C)OB(C2=CCC([C@H]3CCC(c4c(F)cccc4F)=N3)C=C2)OC1(C)C. The monoisotopic (exact) mass is 385 g/mol. The Morgan fingerprint density at radius 1 is 1.07 bits per heavy atom. The lowest BCUT2D eigenvalue weighted by Gasteiger charge is -2.32. The number of nitrogens with zero attached hydrogens (tertiary/aromatic N) is 1. The number of hydrogen-bond acceptors (Lipinski definition) is 3. The summed E-state index contributed by atoms with van der Waals surface area (Å²) in [5.41, 5.74) is 0.861. The van der Waals surface area contributed by atoms with Crippen molar-refractivity contribution in [3.05, 3.63) is 59.1 Å². The average molecular weight is 385 g/mol. The van der Waals surface area contributed by atoms with Crippen molar-refractivity contribution in [1.82, 2.24) is 0 Å². The predicted octanol–water partition coefficient (Wildman–Crippen LogP) is 5.05. The number of aliphatic imine (C=N–C) groups is 1. The highest BCUT2D eigenvalue weighted by Crippen LogP contribution is 2.40. The molecule has 1 aromatic carbocycles. The van der Waals surface area contributed by atoms with Crippen LogP contribution in [0.1, 0.15) is 52.5 Å². The first-order valence-electron chi connectivity index (χ1n) is 9.93. The summed E-state index contributed by atoms with van der Waals surface area (Å²) >= 11 is 0. The Morgan fingerprint density at radius 3 is 2.29 bits per heavy atom. The lowest BCUT2D eigenvalue weighted by atomic mass is 9.73. The molecule has 0 radical (unpaired) electrons. The molecule has 0 N–H and O–H groups in total. The Bertz CT molecular complexity index is 839. The lowest BCUT2D eigenvalue weighted by molar-refractivity contribution is 0.00578. The zero-order chi connectivity index (χ0) is 20.1. The number of allylic oxidation sites excluding steroid dienone is 3. The summed E-state index contributed by atoms with van der Waals surface area (Å²) in [6.07, 6.45) is 8.54. The van der Waals surface area contributed by atoms with Crippen LogP contribution >= 0.6 is 0 Å². The average Bonchev–Trinajstić information content (AvgIpc) is 3.18. The van der Waals surface area contributed by atoms with Crippen LogP contribution in [-0.4, -0.2) is 30.1 Å². The van der Waals surface area contributed by atoms with Gasteiger partial charge in [0.2, 0.25) is 0 Å². The summed E-state index contributed by atoms with van der Waals surface area (Å²) in [4.78, 5) is 4.67. The van der Waals surface area contributed by atoms with Crippen LogP contribution < -0.4 is 0 Å². The van der Waals surface area contributed by atoms with Gasteiger partial charge in [-0.3, -0.25) is 4.99 Å². The Morgan fingerprint density at radius 2 is 1.71 bits per heavy atom. The predicted molar refractivity (Wildman–Crippen MR) is 107 cm³/mol. The molecular weight excluding hydrogens is 359 g/mol. The van der Waals surface area contributed by atoms with E-state index >= 15 is 0 Å². The molecule has 3 aliphatic rings. The van der Waals surface area contributed by atoms with Gasteiger partial charge in [-0.25, -0.2) is 8.78 Å². The molecule has 0 spiro atoms. The molecular formula is C22H26BF2NO2. The van der Waals surface area contributed by atoms with Crippen molar-refractivity contribution in [1.29, 1.82) is 0 Å². The van der Waals surface area contributed by atoms with Crippen LogP contribution in [0.2, 0.25) is 0 Å². The van der Waals surface area contributed by atoms with Gasteiger partial charge >= 0.3 is 7.12 Å². The minimum atomic E-state index is -0.540. The Labute approximate surface area is 165 Å². The number of hydrogen-bond donors (Lipinski definition) is 0. The molecule has 1 aliphatic carbocycles. The van der Waals surface area contributed by atoms with Gasteiger partial charge in [0.15, 0.2) is 0 Å². The molecule has 0 bridgehead atoms. The molecule has 2 aliphatic heterocycles. The molecule has 1 fully saturated rings. The molecule has 1 saturated heterocycles. The van der Waals surface area contributed by atoms with Crippen LogP contribution in [0, 0.1) is 17.6 Å². The molecule has 1 aromatic rings. The summed E-state index contributed by atoms with van der Waals surface area (Å²) in [6.45, 7) is 8.16. The molecule has 0 saturated carbocycles. The molecule has 1 unspecified atom stereocenters. The van der Waals surface area contributed by atoms with E-state index in [-0.39, 0.29) is 35.8 Å². The minimum Gasteiger partial charge on any atom is -0.399 e. The van der Waals surface area contributed by atoms with Crippen LogP contribution in [0.15, 0.2) is 46.9 Å². The third-order valence-electron chi connectivity index (χ3n) is 6.43. The second-order valence-electron chi connectivity index (χ2n) is 8.83. The quantitative estimate of drug-likeness (QED) is 0.682. The first-order chi connectivity index (χ1) is 13.2. The van der Waals surface area contributed by atoms with E-state index in [1.807, 2.05) is 33.8 Å². The van der Waals surface area contributed by atoms with E-state index in [9.17, 15) is 8.78 Å². The maximum absolute atomic E-state index is 14.0. The summed E-state index contributed by atoms with van der Waals surface area (Å²) in [5, 5.41) is 0. The van der Waals surface area contributed by atoms with E-state index in [1.54, 1.807) is 0 Å². The Hall–Kier alpha value is -1.79. The van der Waals surface area contributed by atoms with Crippen molar-refractivity contribution < 1.29 is 18.1 Å². The molecule has 148 valence electrons. The van der Waals surface area contributed by atoms with Gasteiger partial charge in [0.25, 0.3) is 0 Å². The van der Waals surface area contributed by atoms with Gasteiger partial charge in [0, 0.05) is 11.6 Å². The summed E-state index contributed by atoms with van der Waals surface area (Å²) in [7, 11) is -0.364. The molecule has 28 heavy (non-hydrogen) atoms. The number of benzene rings is 1. The maximum atomic E-state index is 14.0. The van der Waals surface area contributed by atoms with Crippen molar-refractivity contribution in [3.8, 4) is 0 Å². The Kier molecular flexibility index (Phi) is 4.83. The summed E-state index contributed by atoms with van der Waals surface area (Å²) < 4.78 is 40.3. The second-order valence-corrected chi connectivity index (χ2v) is 8.83. The lowest BCUT2D eigenvalue weighted by Crippen LogP contribution is -2.41. The van der Waals surface area contributed by atoms with E-state index in [4.69, 9.17) is 9.31 Å². The largest absolute Gasteiger partial charge is 0.494 e. The van der Waals surface area contributed by atoms with Crippen LogP contribution in [0.25, 0.3) is 0 Å². The molecule has 3 nitrogen and oxygen atoms in total. The van der Waals surface area contributed by atoms with E-state index in [2.05, 4.69) is 17.1 Å². The fraction of sp³-hybridized carbons (Fsp3) is 0.500. The van der Waals surface area contributed by atoms with E-state index in [0.29, 0.717) is 12.1 Å². The fourth-order valence-electron chi connectivity index (χ4n) is 3.98. The highest BCUT2D eigenvalue weighted by Gasteiger charge is 2.52. The van der Waals surface area contributed by atoms with Crippen LogP contribution in [-0.2, 0) is 9.31 Å². The standard InChI is InChI=1S/C22H26BF2NO2/c1-21(2)22(3,4)28-23(27-21)15-10-8-14(9-11-15)18-12-13-19(26-18)20-16(24)6-5-7-17(20)25/h5-8,10-11,14,18H,9,12-13H2,1-4H3/t14?,18-/m1/s1. The van der Waals surface area contributed by atoms with Gasteiger partial charge in [0.1, 0.15) is 11.6 Å². The Balaban J connectivity index is 1.45. The minimum absolute atomic E-state index is 0.0261. The summed E-state index contributed by atoms with van der Waals surface area (Å²) in [6, 6.07) is 4.00. The highest BCUT2D eigenvalue weighted by molar-refractivity contribution is 6.55. The number of halogens is 2. The van der Waals surface area contributed by atoms with Crippen molar-refractivity contribution in [2.24, 2.45) is 10.9 Å². The zero-order valence-electron chi connectivity index (χ0n) is 16.8.